The number of rotatable bonds is 4. The van der Waals surface area contributed by atoms with Gasteiger partial charge in [0, 0.05) is 24.7 Å². The average molecular weight is 399 g/mol. The van der Waals surface area contributed by atoms with Crippen molar-refractivity contribution in [3.05, 3.63) is 84.2 Å². The highest BCUT2D eigenvalue weighted by Gasteiger charge is 2.31. The van der Waals surface area contributed by atoms with Crippen LogP contribution in [0.1, 0.15) is 47.2 Å². The number of hydrogen-bond donors (Lipinski definition) is 1. The third-order valence-corrected chi connectivity index (χ3v) is 5.52. The predicted octanol–water partition coefficient (Wildman–Crippen LogP) is 3.40. The van der Waals surface area contributed by atoms with Gasteiger partial charge >= 0.3 is 0 Å². The fourth-order valence-electron chi connectivity index (χ4n) is 3.96. The minimum absolute atomic E-state index is 0.107. The Morgan fingerprint density at radius 2 is 1.97 bits per heavy atom. The van der Waals surface area contributed by atoms with E-state index < -0.39 is 0 Å². The highest BCUT2D eigenvalue weighted by Crippen LogP contribution is 2.37. The van der Waals surface area contributed by atoms with E-state index in [2.05, 4.69) is 38.6 Å². The molecule has 4 heterocycles. The lowest BCUT2D eigenvalue weighted by Gasteiger charge is -2.28. The Hall–Kier alpha value is -3.81. The molecule has 2 atom stereocenters. The van der Waals surface area contributed by atoms with Crippen molar-refractivity contribution in [2.75, 3.05) is 5.32 Å². The van der Waals surface area contributed by atoms with Crippen molar-refractivity contribution in [2.45, 2.75) is 31.7 Å². The van der Waals surface area contributed by atoms with E-state index in [9.17, 15) is 4.79 Å². The number of nitrogens with one attached hydrogen (secondary N) is 1. The lowest BCUT2D eigenvalue weighted by atomic mass is 9.87. The van der Waals surface area contributed by atoms with E-state index in [-0.39, 0.29) is 17.9 Å². The van der Waals surface area contributed by atoms with Gasteiger partial charge in [-0.15, -0.1) is 5.10 Å². The van der Waals surface area contributed by atoms with Crippen molar-refractivity contribution in [3.63, 3.8) is 0 Å². The van der Waals surface area contributed by atoms with Crippen molar-refractivity contribution < 1.29 is 4.79 Å². The molecule has 2 unspecified atom stereocenters. The number of carbonyl (C=O) groups is 1. The number of aryl methyl sites for hydroxylation is 1. The molecule has 150 valence electrons. The maximum Gasteiger partial charge on any atom is 0.276 e. The number of para-hydroxylation sites is 1. The van der Waals surface area contributed by atoms with Crippen LogP contribution < -0.4 is 5.32 Å². The summed E-state index contributed by atoms with van der Waals surface area (Å²) in [7, 11) is 0. The molecule has 1 N–H and O–H groups in total. The first-order valence-corrected chi connectivity index (χ1v) is 9.97. The largest absolute Gasteiger partial charge is 0.288 e. The molecule has 0 bridgehead atoms. The van der Waals surface area contributed by atoms with Crippen LogP contribution in [0.3, 0.4) is 0 Å². The minimum atomic E-state index is -0.313. The predicted molar refractivity (Wildman–Crippen MR) is 112 cm³/mol. The first-order valence-electron chi connectivity index (χ1n) is 9.97. The van der Waals surface area contributed by atoms with Crippen LogP contribution in [0, 0.1) is 0 Å². The van der Waals surface area contributed by atoms with E-state index in [0.29, 0.717) is 11.6 Å². The maximum absolute atomic E-state index is 12.4. The summed E-state index contributed by atoms with van der Waals surface area (Å²) >= 11 is 0. The van der Waals surface area contributed by atoms with E-state index in [1.165, 1.54) is 5.56 Å². The summed E-state index contributed by atoms with van der Waals surface area (Å²) in [6.45, 7) is 2.13. The molecule has 1 aliphatic rings. The van der Waals surface area contributed by atoms with E-state index in [0.717, 1.165) is 24.4 Å². The summed E-state index contributed by atoms with van der Waals surface area (Å²) in [5, 5.41) is 11.8. The first kappa shape index (κ1) is 18.2. The molecular weight excluding hydrogens is 378 g/mol. The number of hydrogen-bond acceptors (Lipinski definition) is 5. The van der Waals surface area contributed by atoms with E-state index >= 15 is 0 Å². The molecule has 1 amide bonds. The molecular formula is C22H21N7O. The summed E-state index contributed by atoms with van der Waals surface area (Å²) < 4.78 is 3.82. The Labute approximate surface area is 173 Å². The van der Waals surface area contributed by atoms with Crippen LogP contribution in [0.5, 0.6) is 0 Å². The van der Waals surface area contributed by atoms with Gasteiger partial charge in [0.25, 0.3) is 5.91 Å². The lowest BCUT2D eigenvalue weighted by molar-refractivity contribution is 0.102. The normalized spacial score (nSPS) is 18.0. The molecule has 3 aromatic heterocycles. The zero-order valence-electron chi connectivity index (χ0n) is 16.5. The van der Waals surface area contributed by atoms with Crippen molar-refractivity contribution in [2.24, 2.45) is 0 Å². The molecule has 8 nitrogen and oxygen atoms in total. The Morgan fingerprint density at radius 1 is 1.13 bits per heavy atom. The van der Waals surface area contributed by atoms with Crippen molar-refractivity contribution in [3.8, 4) is 5.69 Å². The summed E-state index contributed by atoms with van der Waals surface area (Å²) in [6, 6.07) is 15.4. The molecule has 1 aliphatic heterocycles. The van der Waals surface area contributed by atoms with Gasteiger partial charge in [0.1, 0.15) is 11.5 Å². The topological polar surface area (TPSA) is 90.5 Å². The molecule has 1 aromatic carbocycles. The molecule has 8 heteroatoms. The third kappa shape index (κ3) is 3.36. The van der Waals surface area contributed by atoms with Crippen molar-refractivity contribution in [1.82, 2.24) is 29.5 Å². The van der Waals surface area contributed by atoms with Crippen LogP contribution in [0.15, 0.2) is 67.1 Å². The standard InChI is InChI=1S/C22H21N7O/c1-15-18(16-13-24-28(14-16)17-7-3-2-4-8-17)10-11-20-25-22(27-29(15)20)26-21(30)19-9-5-6-12-23-19/h2-9,12-15,18H,10-11H2,1H3,(H,26,27,30). The van der Waals surface area contributed by atoms with Crippen LogP contribution in [0.2, 0.25) is 0 Å². The van der Waals surface area contributed by atoms with Gasteiger partial charge in [-0.3, -0.25) is 15.1 Å². The van der Waals surface area contributed by atoms with Crippen LogP contribution in [0.25, 0.3) is 5.69 Å². The second-order valence-electron chi connectivity index (χ2n) is 7.40. The first-order chi connectivity index (χ1) is 14.7. The number of aromatic nitrogens is 6. The zero-order chi connectivity index (χ0) is 20.5. The number of benzene rings is 1. The van der Waals surface area contributed by atoms with Crippen molar-refractivity contribution >= 4 is 11.9 Å². The van der Waals surface area contributed by atoms with Crippen LogP contribution in [0.4, 0.5) is 5.95 Å². The summed E-state index contributed by atoms with van der Waals surface area (Å²) in [5.41, 5.74) is 2.55. The maximum atomic E-state index is 12.4. The number of anilines is 1. The van der Waals surface area contributed by atoms with Gasteiger partial charge in [0.05, 0.1) is 17.9 Å². The van der Waals surface area contributed by atoms with Gasteiger partial charge < -0.3 is 0 Å². The monoisotopic (exact) mass is 399 g/mol. The minimum Gasteiger partial charge on any atom is -0.288 e. The molecule has 4 aromatic rings. The van der Waals surface area contributed by atoms with Crippen LogP contribution in [-0.4, -0.2) is 35.4 Å². The molecule has 0 saturated carbocycles. The van der Waals surface area contributed by atoms with Crippen LogP contribution in [-0.2, 0) is 6.42 Å². The Balaban J connectivity index is 1.35. The van der Waals surface area contributed by atoms with E-state index in [1.54, 1.807) is 24.4 Å². The summed E-state index contributed by atoms with van der Waals surface area (Å²) in [5.74, 6) is 1.15. The summed E-state index contributed by atoms with van der Waals surface area (Å²) in [6.07, 6.45) is 7.34. The second kappa shape index (κ2) is 7.55. The van der Waals surface area contributed by atoms with Gasteiger partial charge in [-0.2, -0.15) is 10.1 Å². The number of amides is 1. The Bertz CT molecular complexity index is 1170. The fourth-order valence-corrected chi connectivity index (χ4v) is 3.96. The zero-order valence-corrected chi connectivity index (χ0v) is 16.5. The lowest BCUT2D eigenvalue weighted by Crippen LogP contribution is -2.24. The van der Waals surface area contributed by atoms with Gasteiger partial charge in [-0.1, -0.05) is 24.3 Å². The molecule has 0 fully saturated rings. The number of pyridine rings is 1. The average Bonchev–Trinajstić information content (AvgIpc) is 3.43. The van der Waals surface area contributed by atoms with E-state index in [1.807, 2.05) is 45.9 Å². The number of carbonyl (C=O) groups excluding carboxylic acids is 1. The molecule has 0 saturated heterocycles. The molecule has 5 rings (SSSR count). The van der Waals surface area contributed by atoms with Gasteiger partial charge in [-0.05, 0) is 43.2 Å². The Morgan fingerprint density at radius 3 is 2.77 bits per heavy atom. The fraction of sp³-hybridized carbons (Fsp3) is 0.227. The molecule has 0 spiro atoms. The van der Waals surface area contributed by atoms with Gasteiger partial charge in [0.2, 0.25) is 5.95 Å². The third-order valence-electron chi connectivity index (χ3n) is 5.52. The highest BCUT2D eigenvalue weighted by molar-refractivity contribution is 6.01. The molecule has 0 radical (unpaired) electrons. The SMILES string of the molecule is CC1C(c2cnn(-c3ccccc3)c2)CCc2nc(NC(=O)c3ccccn3)nn21. The number of nitrogens with zero attached hydrogens (tertiary/aromatic N) is 6. The van der Waals surface area contributed by atoms with Gasteiger partial charge in [0.15, 0.2) is 0 Å². The van der Waals surface area contributed by atoms with Crippen molar-refractivity contribution in [1.29, 1.82) is 0 Å². The quantitative estimate of drug-likeness (QED) is 0.568. The molecule has 0 aliphatic carbocycles. The molecule has 30 heavy (non-hydrogen) atoms. The Kier molecular flexibility index (Phi) is 4.59. The highest BCUT2D eigenvalue weighted by atomic mass is 16.2. The van der Waals surface area contributed by atoms with Crippen LogP contribution >= 0.6 is 0 Å². The van der Waals surface area contributed by atoms with E-state index in [4.69, 9.17) is 0 Å². The smallest absolute Gasteiger partial charge is 0.276 e. The number of fused-ring (bicyclic) bond motifs is 1. The van der Waals surface area contributed by atoms with Gasteiger partial charge in [-0.25, -0.2) is 9.36 Å². The second-order valence-corrected chi connectivity index (χ2v) is 7.40. The summed E-state index contributed by atoms with van der Waals surface area (Å²) in [4.78, 5) is 20.9.